The van der Waals surface area contributed by atoms with Gasteiger partial charge in [0.25, 0.3) is 5.91 Å². The molecule has 2 heterocycles. The van der Waals surface area contributed by atoms with Crippen LogP contribution in [0, 0.1) is 12.3 Å². The summed E-state index contributed by atoms with van der Waals surface area (Å²) in [5.41, 5.74) is 2.10. The van der Waals surface area contributed by atoms with Crippen LogP contribution in [0.15, 0.2) is 54.6 Å². The number of nitrogens with one attached hydrogen (secondary N) is 3. The number of nitrogens with zero attached hydrogens (tertiary/aromatic N) is 1. The summed E-state index contributed by atoms with van der Waals surface area (Å²) in [5, 5.41) is 12.9. The van der Waals surface area contributed by atoms with Crippen LogP contribution < -0.4 is 15.5 Å². The van der Waals surface area contributed by atoms with E-state index in [4.69, 9.17) is 21.5 Å². The van der Waals surface area contributed by atoms with Gasteiger partial charge in [-0.1, -0.05) is 32.4 Å². The Morgan fingerprint density at radius 3 is 2.41 bits per heavy atom. The summed E-state index contributed by atoms with van der Waals surface area (Å²) in [4.78, 5) is 31.5. The summed E-state index contributed by atoms with van der Waals surface area (Å²) in [6.07, 6.45) is -3.21. The van der Waals surface area contributed by atoms with Crippen molar-refractivity contribution in [2.24, 2.45) is 5.41 Å². The Labute approximate surface area is 257 Å². The minimum Gasteiger partial charge on any atom is -0.488 e. The number of halogens is 4. The molecule has 4 aromatic rings. The number of hydrogen-bond acceptors (Lipinski definition) is 5. The maximum Gasteiger partial charge on any atom is 0.433 e. The van der Waals surface area contributed by atoms with Gasteiger partial charge in [0.05, 0.1) is 16.3 Å². The highest BCUT2D eigenvalue weighted by atomic mass is 35.5. The number of carbonyl (C=O) groups is 2. The monoisotopic (exact) mass is 630 g/mol. The van der Waals surface area contributed by atoms with Gasteiger partial charge < -0.3 is 15.0 Å². The third-order valence-electron chi connectivity index (χ3n) is 7.46. The summed E-state index contributed by atoms with van der Waals surface area (Å²) in [6, 6.07) is 14.3. The number of benzene rings is 2. The van der Waals surface area contributed by atoms with Gasteiger partial charge in [-0.3, -0.25) is 14.8 Å². The van der Waals surface area contributed by atoms with Crippen LogP contribution in [0.5, 0.6) is 5.75 Å². The Hall–Kier alpha value is -4.09. The lowest BCUT2D eigenvalue weighted by Gasteiger charge is -2.37. The van der Waals surface area contributed by atoms with Crippen LogP contribution in [-0.2, 0) is 11.0 Å². The summed E-state index contributed by atoms with van der Waals surface area (Å²) in [7, 11) is 0. The van der Waals surface area contributed by atoms with Crippen LogP contribution >= 0.6 is 11.6 Å². The molecule has 0 bridgehead atoms. The number of H-pyrrole nitrogens is 1. The second-order valence-corrected chi connectivity index (χ2v) is 12.3. The number of aromatic nitrogens is 2. The molecule has 1 unspecified atom stereocenters. The number of carbonyl (C=O) groups excluding carboxylic acids is 2. The zero-order valence-electron chi connectivity index (χ0n) is 24.9. The van der Waals surface area contributed by atoms with Crippen LogP contribution in [0.1, 0.15) is 68.7 Å². The maximum atomic E-state index is 13.0. The Morgan fingerprint density at radius 2 is 1.77 bits per heavy atom. The van der Waals surface area contributed by atoms with Crippen LogP contribution in [0.4, 0.5) is 18.9 Å². The summed E-state index contributed by atoms with van der Waals surface area (Å²) >= 11 is 6.52. The van der Waals surface area contributed by atoms with Gasteiger partial charge in [-0.2, -0.15) is 13.2 Å². The third-order valence-corrected chi connectivity index (χ3v) is 7.79. The number of aromatic amines is 1. The number of fused-ring (bicyclic) bond motifs is 1. The second kappa shape index (κ2) is 12.5. The Morgan fingerprint density at radius 1 is 1.05 bits per heavy atom. The number of hydrogen-bond donors (Lipinski definition) is 4. The van der Waals surface area contributed by atoms with Crippen molar-refractivity contribution in [3.63, 3.8) is 0 Å². The molecule has 0 saturated heterocycles. The molecule has 0 saturated carbocycles. The summed E-state index contributed by atoms with van der Waals surface area (Å²) < 4.78 is 45.4. The number of pyridine rings is 1. The van der Waals surface area contributed by atoms with E-state index in [-0.39, 0.29) is 17.7 Å². The van der Waals surface area contributed by atoms with Crippen molar-refractivity contribution in [1.29, 1.82) is 0 Å². The van der Waals surface area contributed by atoms with E-state index in [0.29, 0.717) is 40.6 Å². The molecule has 44 heavy (non-hydrogen) atoms. The minimum absolute atomic E-state index is 0.0202. The van der Waals surface area contributed by atoms with E-state index in [1.54, 1.807) is 23.7 Å². The highest BCUT2D eigenvalue weighted by Gasteiger charge is 2.35. The molecule has 0 spiro atoms. The molecule has 234 valence electrons. The first kappa shape index (κ1) is 32.8. The second-order valence-electron chi connectivity index (χ2n) is 11.9. The molecular weight excluding hydrogens is 597 g/mol. The summed E-state index contributed by atoms with van der Waals surface area (Å²) in [6.45, 7) is 9.24. The highest BCUT2D eigenvalue weighted by Crippen LogP contribution is 2.38. The molecule has 2 amide bonds. The molecule has 4 rings (SSSR count). The first-order valence-electron chi connectivity index (χ1n) is 13.9. The largest absolute Gasteiger partial charge is 0.488 e. The first-order valence-corrected chi connectivity index (χ1v) is 14.3. The lowest BCUT2D eigenvalue weighted by Crippen LogP contribution is -2.39. The average molecular weight is 631 g/mol. The van der Waals surface area contributed by atoms with Gasteiger partial charge in [-0.25, -0.2) is 10.5 Å². The molecule has 0 aliphatic rings. The number of alkyl halides is 3. The fourth-order valence-corrected chi connectivity index (χ4v) is 5.57. The van der Waals surface area contributed by atoms with Crippen molar-refractivity contribution in [3.05, 3.63) is 76.6 Å². The molecule has 0 radical (unpaired) electrons. The fraction of sp³-hybridized carbons (Fsp3) is 0.344. The van der Waals surface area contributed by atoms with Crippen LogP contribution in [0.25, 0.3) is 22.2 Å². The molecule has 2 aromatic carbocycles. The lowest BCUT2D eigenvalue weighted by atomic mass is 9.77. The highest BCUT2D eigenvalue weighted by molar-refractivity contribution is 6.33. The number of anilines is 1. The van der Waals surface area contributed by atoms with Gasteiger partial charge in [0.15, 0.2) is 0 Å². The van der Waals surface area contributed by atoms with E-state index in [9.17, 15) is 22.8 Å². The molecule has 0 fully saturated rings. The van der Waals surface area contributed by atoms with Gasteiger partial charge in [-0.05, 0) is 86.7 Å². The van der Waals surface area contributed by atoms with Crippen molar-refractivity contribution in [3.8, 4) is 17.0 Å². The number of aryl methyl sites for hydroxylation is 1. The van der Waals surface area contributed by atoms with Gasteiger partial charge in [0.2, 0.25) is 5.91 Å². The SMILES string of the molecule is CCC(C)(CC(C)(C)CC(=O)NO)Oc1ccc2[nH]c(-c3cc(NC(=O)c4ccc(C(F)(F)F)nc4C)ccc3Cl)cc2c1. The number of ether oxygens (including phenoxy) is 1. The Balaban J connectivity index is 1.55. The summed E-state index contributed by atoms with van der Waals surface area (Å²) in [5.74, 6) is -0.416. The zero-order chi connectivity index (χ0) is 32.4. The van der Waals surface area contributed by atoms with E-state index < -0.39 is 34.7 Å². The Kier molecular flexibility index (Phi) is 9.32. The molecule has 2 aromatic heterocycles. The van der Waals surface area contributed by atoms with E-state index >= 15 is 0 Å². The van der Waals surface area contributed by atoms with Gasteiger partial charge >= 0.3 is 6.18 Å². The predicted octanol–water partition coefficient (Wildman–Crippen LogP) is 8.32. The maximum absolute atomic E-state index is 13.0. The lowest BCUT2D eigenvalue weighted by molar-refractivity contribution is -0.141. The minimum atomic E-state index is -4.61. The van der Waals surface area contributed by atoms with Crippen molar-refractivity contribution in [2.75, 3.05) is 5.32 Å². The van der Waals surface area contributed by atoms with Gasteiger partial charge in [0.1, 0.15) is 17.0 Å². The van der Waals surface area contributed by atoms with E-state index in [0.717, 1.165) is 23.0 Å². The first-order chi connectivity index (χ1) is 20.5. The number of amides is 2. The number of rotatable bonds is 10. The third kappa shape index (κ3) is 7.70. The molecule has 0 aliphatic carbocycles. The molecule has 8 nitrogen and oxygen atoms in total. The van der Waals surface area contributed by atoms with Crippen molar-refractivity contribution < 1.29 is 32.7 Å². The normalized spacial score (nSPS) is 13.4. The van der Waals surface area contributed by atoms with Gasteiger partial charge in [0, 0.05) is 34.3 Å². The van der Waals surface area contributed by atoms with E-state index in [1.807, 2.05) is 52.0 Å². The standard InChI is InChI=1S/C32H34ClF3N4O4/c1-6-31(5,17-30(3,4)16-28(41)40-43)44-21-8-11-25-19(13-21)14-26(39-25)23-15-20(7-10-24(23)33)38-29(42)22-9-12-27(32(34,35)36)37-18(22)2/h7-15,39,43H,6,16-17H2,1-5H3,(H,38,42)(H,40,41). The van der Waals surface area contributed by atoms with Crippen molar-refractivity contribution in [1.82, 2.24) is 15.4 Å². The topological polar surface area (TPSA) is 116 Å². The molecule has 1 atom stereocenters. The molecule has 0 aliphatic heterocycles. The van der Waals surface area contributed by atoms with E-state index in [2.05, 4.69) is 15.3 Å². The molecule has 12 heteroatoms. The van der Waals surface area contributed by atoms with E-state index in [1.165, 1.54) is 6.92 Å². The fourth-order valence-electron chi connectivity index (χ4n) is 5.35. The smallest absolute Gasteiger partial charge is 0.433 e. The van der Waals surface area contributed by atoms with Crippen LogP contribution in [0.2, 0.25) is 5.02 Å². The Bertz CT molecular complexity index is 1700. The van der Waals surface area contributed by atoms with Crippen molar-refractivity contribution >= 4 is 40.0 Å². The van der Waals surface area contributed by atoms with Crippen LogP contribution in [-0.4, -0.2) is 32.6 Å². The predicted molar refractivity (Wildman–Crippen MR) is 163 cm³/mol. The van der Waals surface area contributed by atoms with Crippen LogP contribution in [0.3, 0.4) is 0 Å². The van der Waals surface area contributed by atoms with Gasteiger partial charge in [-0.15, -0.1) is 0 Å². The number of hydroxylamine groups is 1. The van der Waals surface area contributed by atoms with Crippen molar-refractivity contribution in [2.45, 2.75) is 65.7 Å². The average Bonchev–Trinajstić information content (AvgIpc) is 3.36. The molecule has 4 N–H and O–H groups in total. The zero-order valence-corrected chi connectivity index (χ0v) is 25.7. The molecular formula is C32H34ClF3N4O4. The quantitative estimate of drug-likeness (QED) is 0.104.